The number of carbonyl (C=O) groups excluding carboxylic acids is 1. The molecule has 3 rings (SSSR count). The first-order valence-electron chi connectivity index (χ1n) is 11.9. The van der Waals surface area contributed by atoms with Gasteiger partial charge in [0.25, 0.3) is 0 Å². The molecule has 0 aliphatic heterocycles. The summed E-state index contributed by atoms with van der Waals surface area (Å²) in [5, 5.41) is 12.1. The van der Waals surface area contributed by atoms with Gasteiger partial charge >= 0.3 is 5.97 Å². The van der Waals surface area contributed by atoms with E-state index >= 15 is 0 Å². The number of rotatable bonds is 9. The van der Waals surface area contributed by atoms with Gasteiger partial charge in [-0.25, -0.2) is 9.78 Å². The molecule has 1 aliphatic carbocycles. The Morgan fingerprint density at radius 2 is 1.88 bits per heavy atom. The first kappa shape index (κ1) is 25.0. The van der Waals surface area contributed by atoms with Crippen molar-refractivity contribution in [1.29, 1.82) is 0 Å². The van der Waals surface area contributed by atoms with E-state index in [4.69, 9.17) is 14.1 Å². The summed E-state index contributed by atoms with van der Waals surface area (Å²) in [6.07, 6.45) is 2.99. The fourth-order valence-electron chi connectivity index (χ4n) is 4.25. The molecule has 1 unspecified atom stereocenters. The molecule has 1 heterocycles. The highest BCUT2D eigenvalue weighted by atomic mass is 16.5. The van der Waals surface area contributed by atoms with Crippen LogP contribution in [0.5, 0.6) is 0 Å². The van der Waals surface area contributed by atoms with Crippen LogP contribution in [0.1, 0.15) is 76.3 Å². The minimum absolute atomic E-state index is 0.0728. The summed E-state index contributed by atoms with van der Waals surface area (Å²) in [5.74, 6) is -0.0394. The lowest BCUT2D eigenvalue weighted by molar-refractivity contribution is -0.144. The standard InChI is InChI=1S/C26H36N2O5/c1-15(2)22(26(30)31)28-24(29)19-7-6-8-20(13-19)32-14-21-23(16(3)4)33-25(27-21)18-11-9-17(5)10-12-18/h9-12,15-16,19-20,22H,6-8,13-14H2,1-5H3,(H,28,29)(H,30,31)/t19-,20+,22?/m0/s1. The van der Waals surface area contributed by atoms with Crippen LogP contribution in [0, 0.1) is 18.8 Å². The lowest BCUT2D eigenvalue weighted by Crippen LogP contribution is -2.47. The predicted molar refractivity (Wildman–Crippen MR) is 126 cm³/mol. The molecule has 0 saturated heterocycles. The van der Waals surface area contributed by atoms with Crippen LogP contribution in [-0.4, -0.2) is 34.1 Å². The van der Waals surface area contributed by atoms with Crippen molar-refractivity contribution in [3.8, 4) is 11.5 Å². The summed E-state index contributed by atoms with van der Waals surface area (Å²) in [7, 11) is 0. The number of nitrogens with zero attached hydrogens (tertiary/aromatic N) is 1. The van der Waals surface area contributed by atoms with Crippen LogP contribution in [0.15, 0.2) is 28.7 Å². The van der Waals surface area contributed by atoms with Crippen molar-refractivity contribution in [2.75, 3.05) is 0 Å². The van der Waals surface area contributed by atoms with E-state index in [1.807, 2.05) is 31.2 Å². The van der Waals surface area contributed by atoms with Crippen molar-refractivity contribution < 1.29 is 23.8 Å². The number of aryl methyl sites for hydroxylation is 1. The van der Waals surface area contributed by atoms with Gasteiger partial charge in [0, 0.05) is 17.4 Å². The van der Waals surface area contributed by atoms with Crippen molar-refractivity contribution in [3.63, 3.8) is 0 Å². The van der Waals surface area contributed by atoms with E-state index in [-0.39, 0.29) is 29.8 Å². The zero-order chi connectivity index (χ0) is 24.1. The smallest absolute Gasteiger partial charge is 0.326 e. The number of carbonyl (C=O) groups is 2. The van der Waals surface area contributed by atoms with Crippen LogP contribution in [0.25, 0.3) is 11.5 Å². The van der Waals surface area contributed by atoms with Gasteiger partial charge < -0.3 is 19.6 Å². The molecule has 3 atom stereocenters. The van der Waals surface area contributed by atoms with Gasteiger partial charge in [-0.15, -0.1) is 0 Å². The predicted octanol–water partition coefficient (Wildman–Crippen LogP) is 5.07. The summed E-state index contributed by atoms with van der Waals surface area (Å²) < 4.78 is 12.3. The third kappa shape index (κ3) is 6.44. The Labute approximate surface area is 195 Å². The Kier molecular flexibility index (Phi) is 8.30. The monoisotopic (exact) mass is 456 g/mol. The number of nitrogens with one attached hydrogen (secondary N) is 1. The second-order valence-corrected chi connectivity index (χ2v) is 9.72. The van der Waals surface area contributed by atoms with Gasteiger partial charge in [0.2, 0.25) is 11.8 Å². The van der Waals surface area contributed by atoms with E-state index < -0.39 is 12.0 Å². The van der Waals surface area contributed by atoms with E-state index in [1.165, 1.54) is 5.56 Å². The summed E-state index contributed by atoms with van der Waals surface area (Å²) in [6, 6.07) is 7.20. The van der Waals surface area contributed by atoms with E-state index in [9.17, 15) is 14.7 Å². The number of hydrogen-bond acceptors (Lipinski definition) is 5. The number of hydrogen-bond donors (Lipinski definition) is 2. The molecule has 1 fully saturated rings. The highest BCUT2D eigenvalue weighted by molar-refractivity contribution is 5.85. The Hall–Kier alpha value is -2.67. The van der Waals surface area contributed by atoms with Crippen molar-refractivity contribution >= 4 is 11.9 Å². The molecule has 33 heavy (non-hydrogen) atoms. The van der Waals surface area contributed by atoms with Gasteiger partial charge in [-0.2, -0.15) is 0 Å². The normalized spacial score (nSPS) is 19.6. The molecule has 0 radical (unpaired) electrons. The quantitative estimate of drug-likeness (QED) is 0.546. The largest absolute Gasteiger partial charge is 0.480 e. The lowest BCUT2D eigenvalue weighted by Gasteiger charge is -2.29. The minimum atomic E-state index is -1.00. The molecular weight excluding hydrogens is 420 g/mol. The van der Waals surface area contributed by atoms with Crippen LogP contribution in [0.3, 0.4) is 0 Å². The number of carboxylic acids is 1. The minimum Gasteiger partial charge on any atom is -0.480 e. The molecule has 2 N–H and O–H groups in total. The zero-order valence-corrected chi connectivity index (χ0v) is 20.3. The van der Waals surface area contributed by atoms with Gasteiger partial charge in [-0.1, -0.05) is 51.8 Å². The zero-order valence-electron chi connectivity index (χ0n) is 20.3. The van der Waals surface area contributed by atoms with Crippen LogP contribution < -0.4 is 5.32 Å². The molecule has 1 amide bonds. The fraction of sp³-hybridized carbons (Fsp3) is 0.577. The number of aromatic nitrogens is 1. The van der Waals surface area contributed by atoms with Crippen molar-refractivity contribution in [2.24, 2.45) is 11.8 Å². The number of ether oxygens (including phenoxy) is 1. The molecule has 0 bridgehead atoms. The number of benzene rings is 1. The molecule has 1 aromatic heterocycles. The highest BCUT2D eigenvalue weighted by Crippen LogP contribution is 2.31. The first-order chi connectivity index (χ1) is 15.7. The van der Waals surface area contributed by atoms with Crippen molar-refractivity contribution in [3.05, 3.63) is 41.3 Å². The number of aliphatic carboxylic acids is 1. The third-order valence-corrected chi connectivity index (χ3v) is 6.23. The SMILES string of the molecule is Cc1ccc(-c2nc(CO[C@@H]3CCC[C@H](C(=O)NC(C(=O)O)C(C)C)C3)c(C(C)C)o2)cc1. The van der Waals surface area contributed by atoms with E-state index in [0.29, 0.717) is 18.9 Å². The molecule has 2 aromatic rings. The maximum Gasteiger partial charge on any atom is 0.326 e. The second-order valence-electron chi connectivity index (χ2n) is 9.72. The van der Waals surface area contributed by atoms with Gasteiger partial charge in [0.05, 0.1) is 12.7 Å². The lowest BCUT2D eigenvalue weighted by atomic mass is 9.86. The first-order valence-corrected chi connectivity index (χ1v) is 11.9. The van der Waals surface area contributed by atoms with Gasteiger partial charge in [-0.05, 0) is 44.2 Å². The summed E-state index contributed by atoms with van der Waals surface area (Å²) in [6.45, 7) is 10.1. The maximum absolute atomic E-state index is 12.7. The Balaban J connectivity index is 1.64. The number of carboxylic acid groups (broad SMARTS) is 1. The van der Waals surface area contributed by atoms with Gasteiger partial charge in [0.1, 0.15) is 17.5 Å². The molecule has 180 valence electrons. The molecule has 7 nitrogen and oxygen atoms in total. The fourth-order valence-corrected chi connectivity index (χ4v) is 4.25. The average molecular weight is 457 g/mol. The Morgan fingerprint density at radius 3 is 2.48 bits per heavy atom. The second kappa shape index (κ2) is 11.0. The van der Waals surface area contributed by atoms with Crippen molar-refractivity contribution in [1.82, 2.24) is 10.3 Å². The van der Waals surface area contributed by atoms with Crippen LogP contribution in [0.2, 0.25) is 0 Å². The Bertz CT molecular complexity index is 948. The van der Waals surface area contributed by atoms with Gasteiger partial charge in [-0.3, -0.25) is 4.79 Å². The third-order valence-electron chi connectivity index (χ3n) is 6.23. The number of oxazole rings is 1. The van der Waals surface area contributed by atoms with Crippen LogP contribution in [-0.2, 0) is 20.9 Å². The van der Waals surface area contributed by atoms with E-state index in [1.54, 1.807) is 13.8 Å². The summed E-state index contributed by atoms with van der Waals surface area (Å²) in [4.78, 5) is 28.9. The van der Waals surface area contributed by atoms with E-state index in [0.717, 1.165) is 36.3 Å². The van der Waals surface area contributed by atoms with E-state index in [2.05, 4.69) is 19.2 Å². The molecule has 1 aliphatic rings. The molecule has 7 heteroatoms. The van der Waals surface area contributed by atoms with Crippen LogP contribution >= 0.6 is 0 Å². The molecule has 1 aromatic carbocycles. The summed E-state index contributed by atoms with van der Waals surface area (Å²) >= 11 is 0. The average Bonchev–Trinajstić information content (AvgIpc) is 3.20. The molecular formula is C26H36N2O5. The topological polar surface area (TPSA) is 102 Å². The molecule has 0 spiro atoms. The highest BCUT2D eigenvalue weighted by Gasteiger charge is 2.32. The number of amides is 1. The maximum atomic E-state index is 12.7. The van der Waals surface area contributed by atoms with Gasteiger partial charge in [0.15, 0.2) is 0 Å². The Morgan fingerprint density at radius 1 is 1.18 bits per heavy atom. The van der Waals surface area contributed by atoms with Crippen molar-refractivity contribution in [2.45, 2.75) is 85.0 Å². The van der Waals surface area contributed by atoms with Crippen LogP contribution in [0.4, 0.5) is 0 Å². The summed E-state index contributed by atoms with van der Waals surface area (Å²) in [5.41, 5.74) is 2.90. The molecule has 1 saturated carbocycles.